The molecule has 0 bridgehead atoms. The maximum atomic E-state index is 13.0. The Morgan fingerprint density at radius 1 is 0.765 bits per heavy atom. The van der Waals surface area contributed by atoms with Gasteiger partial charge in [0.05, 0.1) is 6.33 Å². The van der Waals surface area contributed by atoms with Crippen molar-refractivity contribution in [2.75, 3.05) is 0 Å². The molecule has 3 heteroatoms. The van der Waals surface area contributed by atoms with E-state index >= 15 is 0 Å². The van der Waals surface area contributed by atoms with E-state index < -0.39 is 11.6 Å². The quantitative estimate of drug-likeness (QED) is 0.713. The van der Waals surface area contributed by atoms with E-state index in [1.54, 1.807) is 24.3 Å². The van der Waals surface area contributed by atoms with Gasteiger partial charge >= 0.3 is 0 Å². The van der Waals surface area contributed by atoms with Crippen LogP contribution in [0.5, 0.6) is 0 Å². The van der Waals surface area contributed by atoms with Crippen molar-refractivity contribution >= 4 is 6.08 Å². The molecule has 2 aromatic rings. The minimum atomic E-state index is -0.879. The van der Waals surface area contributed by atoms with E-state index in [1.165, 1.54) is 12.1 Å². The van der Waals surface area contributed by atoms with Crippen LogP contribution in [-0.2, 0) is 0 Å². The van der Waals surface area contributed by atoms with Crippen LogP contribution < -0.4 is 0 Å². The third kappa shape index (κ3) is 2.56. The largest absolute Gasteiger partial charge is 0.216 e. The average Bonchev–Trinajstić information content (AvgIpc) is 2.34. The van der Waals surface area contributed by atoms with Crippen LogP contribution in [-0.4, -0.2) is 0 Å². The Morgan fingerprint density at radius 2 is 1.41 bits per heavy atom. The molecule has 0 aliphatic heterocycles. The number of hydrogen-bond donors (Lipinski definition) is 0. The second kappa shape index (κ2) is 4.87. The molecule has 0 aliphatic carbocycles. The molecule has 0 saturated carbocycles. The van der Waals surface area contributed by atoms with Crippen molar-refractivity contribution in [2.24, 2.45) is 0 Å². The van der Waals surface area contributed by atoms with Gasteiger partial charge in [-0.25, -0.2) is 13.2 Å². The highest BCUT2D eigenvalue weighted by Gasteiger charge is 2.03. The summed E-state index contributed by atoms with van der Waals surface area (Å²) in [7, 11) is 0. The molecule has 0 amide bonds. The minimum absolute atomic E-state index is 0.451. The summed E-state index contributed by atoms with van der Waals surface area (Å²) in [6.07, 6.45) is 1.77. The Hall–Kier alpha value is -2.03. The topological polar surface area (TPSA) is 0 Å². The first-order valence-corrected chi connectivity index (χ1v) is 5.03. The van der Waals surface area contributed by atoms with Crippen LogP contribution >= 0.6 is 0 Å². The highest BCUT2D eigenvalue weighted by atomic mass is 19.2. The van der Waals surface area contributed by atoms with Crippen LogP contribution in [0.3, 0.4) is 0 Å². The Balaban J connectivity index is 2.36. The van der Waals surface area contributed by atoms with Crippen LogP contribution in [0.2, 0.25) is 0 Å². The van der Waals surface area contributed by atoms with Crippen molar-refractivity contribution in [1.82, 2.24) is 0 Å². The first-order chi connectivity index (χ1) is 8.20. The molecule has 86 valence electrons. The Labute approximate surface area is 97.0 Å². The molecule has 0 spiro atoms. The van der Waals surface area contributed by atoms with E-state index in [-0.39, 0.29) is 0 Å². The molecule has 0 atom stereocenters. The van der Waals surface area contributed by atoms with E-state index in [1.807, 2.05) is 0 Å². The van der Waals surface area contributed by atoms with Gasteiger partial charge in [-0.3, -0.25) is 0 Å². The van der Waals surface area contributed by atoms with Crippen LogP contribution in [0.25, 0.3) is 17.2 Å². The molecule has 0 fully saturated rings. The molecular formula is C14H9F3. The van der Waals surface area contributed by atoms with Crippen molar-refractivity contribution in [3.05, 3.63) is 66.0 Å². The normalized spacial score (nSPS) is 11.0. The van der Waals surface area contributed by atoms with Gasteiger partial charge in [-0.15, -0.1) is 0 Å². The lowest BCUT2D eigenvalue weighted by molar-refractivity contribution is 0.509. The summed E-state index contributed by atoms with van der Waals surface area (Å²) < 4.78 is 37.7. The monoisotopic (exact) mass is 234 g/mol. The second-order valence-corrected chi connectivity index (χ2v) is 3.54. The number of rotatable bonds is 2. The van der Waals surface area contributed by atoms with Crippen molar-refractivity contribution in [3.8, 4) is 11.1 Å². The van der Waals surface area contributed by atoms with Crippen molar-refractivity contribution in [2.45, 2.75) is 0 Å². The zero-order valence-electron chi connectivity index (χ0n) is 8.83. The number of hydrogen-bond acceptors (Lipinski definition) is 0. The second-order valence-electron chi connectivity index (χ2n) is 3.54. The van der Waals surface area contributed by atoms with Crippen LogP contribution in [0, 0.1) is 11.6 Å². The summed E-state index contributed by atoms with van der Waals surface area (Å²) in [6.45, 7) is 0. The van der Waals surface area contributed by atoms with Gasteiger partial charge < -0.3 is 0 Å². The Morgan fingerprint density at radius 3 is 2.00 bits per heavy atom. The van der Waals surface area contributed by atoms with Crippen molar-refractivity contribution in [3.63, 3.8) is 0 Å². The van der Waals surface area contributed by atoms with Gasteiger partial charge in [0.2, 0.25) is 0 Å². The summed E-state index contributed by atoms with van der Waals surface area (Å²) in [4.78, 5) is 0. The molecule has 17 heavy (non-hydrogen) atoms. The molecule has 0 aliphatic rings. The van der Waals surface area contributed by atoms with E-state index in [0.29, 0.717) is 17.5 Å². The van der Waals surface area contributed by atoms with Gasteiger partial charge in [0.1, 0.15) is 0 Å². The highest BCUT2D eigenvalue weighted by Crippen LogP contribution is 2.22. The van der Waals surface area contributed by atoms with Gasteiger partial charge in [0, 0.05) is 0 Å². The van der Waals surface area contributed by atoms with Gasteiger partial charge in [0.25, 0.3) is 0 Å². The molecule has 0 aromatic heterocycles. The zero-order chi connectivity index (χ0) is 12.3. The smallest absolute Gasteiger partial charge is 0.159 e. The fourth-order valence-corrected chi connectivity index (χ4v) is 1.54. The predicted octanol–water partition coefficient (Wildman–Crippen LogP) is 4.57. The molecule has 0 heterocycles. The fraction of sp³-hybridized carbons (Fsp3) is 0. The summed E-state index contributed by atoms with van der Waals surface area (Å²) in [5.74, 6) is -1.75. The molecule has 0 unspecified atom stereocenters. The summed E-state index contributed by atoms with van der Waals surface area (Å²) in [5.41, 5.74) is 2.04. The first-order valence-electron chi connectivity index (χ1n) is 5.03. The fourth-order valence-electron chi connectivity index (χ4n) is 1.54. The Kier molecular flexibility index (Phi) is 3.28. The van der Waals surface area contributed by atoms with Crippen molar-refractivity contribution < 1.29 is 13.2 Å². The van der Waals surface area contributed by atoms with E-state index in [0.717, 1.165) is 17.7 Å². The maximum Gasteiger partial charge on any atom is 0.159 e. The molecule has 0 radical (unpaired) electrons. The maximum absolute atomic E-state index is 13.0. The van der Waals surface area contributed by atoms with Gasteiger partial charge in [-0.2, -0.15) is 0 Å². The summed E-state index contributed by atoms with van der Waals surface area (Å²) in [6, 6.07) is 10.6. The van der Waals surface area contributed by atoms with Crippen LogP contribution in [0.1, 0.15) is 5.56 Å². The number of halogens is 3. The molecule has 0 saturated heterocycles. The predicted molar refractivity (Wildman–Crippen MR) is 61.9 cm³/mol. The van der Waals surface area contributed by atoms with Gasteiger partial charge in [-0.05, 0) is 34.9 Å². The lowest BCUT2D eigenvalue weighted by Crippen LogP contribution is -1.85. The van der Waals surface area contributed by atoms with Crippen LogP contribution in [0.15, 0.2) is 48.8 Å². The lowest BCUT2D eigenvalue weighted by Gasteiger charge is -2.03. The Bertz CT molecular complexity index is 542. The van der Waals surface area contributed by atoms with E-state index in [9.17, 15) is 13.2 Å². The lowest BCUT2D eigenvalue weighted by atomic mass is 10.0. The highest BCUT2D eigenvalue weighted by molar-refractivity contribution is 5.65. The standard InChI is InChI=1S/C14H9F3/c15-8-7-10-1-3-11(4-2-10)12-5-6-13(16)14(17)9-12/h1-9H/b8-7+. The van der Waals surface area contributed by atoms with Gasteiger partial charge in [0.15, 0.2) is 11.6 Å². The number of benzene rings is 2. The molecule has 0 nitrogen and oxygen atoms in total. The third-order valence-corrected chi connectivity index (χ3v) is 2.42. The molecule has 2 rings (SSSR count). The zero-order valence-corrected chi connectivity index (χ0v) is 8.83. The van der Waals surface area contributed by atoms with E-state index in [2.05, 4.69) is 0 Å². The summed E-state index contributed by atoms with van der Waals surface area (Å²) >= 11 is 0. The molecule has 2 aromatic carbocycles. The molecule has 0 N–H and O–H groups in total. The van der Waals surface area contributed by atoms with Crippen LogP contribution in [0.4, 0.5) is 13.2 Å². The third-order valence-electron chi connectivity index (χ3n) is 2.42. The SMILES string of the molecule is F/C=C/c1ccc(-c2ccc(F)c(F)c2)cc1. The average molecular weight is 234 g/mol. The molecular weight excluding hydrogens is 225 g/mol. The van der Waals surface area contributed by atoms with E-state index in [4.69, 9.17) is 0 Å². The first kappa shape index (κ1) is 11.5. The van der Waals surface area contributed by atoms with Gasteiger partial charge in [-0.1, -0.05) is 30.3 Å². The van der Waals surface area contributed by atoms with Crippen molar-refractivity contribution in [1.29, 1.82) is 0 Å². The minimum Gasteiger partial charge on any atom is -0.216 e. The summed E-state index contributed by atoms with van der Waals surface area (Å²) in [5, 5.41) is 0.